The molecule has 2 fully saturated rings. The lowest BCUT2D eigenvalue weighted by Crippen LogP contribution is -2.63. The van der Waals surface area contributed by atoms with Gasteiger partial charge in [0.1, 0.15) is 23.9 Å². The number of rotatable bonds is 0. The molecule has 5 heteroatoms. The predicted octanol–water partition coefficient (Wildman–Crippen LogP) is -1.40. The number of fused-ring (bicyclic) bond motifs is 2. The summed E-state index contributed by atoms with van der Waals surface area (Å²) in [7, 11) is 0. The van der Waals surface area contributed by atoms with Crippen LogP contribution in [0.1, 0.15) is 13.8 Å². The Hall–Kier alpha value is -0.200. The molecule has 0 radical (unpaired) electrons. The molecule has 0 aromatic heterocycles. The van der Waals surface area contributed by atoms with Gasteiger partial charge in [-0.2, -0.15) is 0 Å². The highest BCUT2D eigenvalue weighted by Gasteiger charge is 2.62. The topological polar surface area (TPSA) is 79.2 Å². The van der Waals surface area contributed by atoms with E-state index >= 15 is 0 Å². The molecule has 0 aromatic rings. The summed E-state index contributed by atoms with van der Waals surface area (Å²) < 4.78 is 10.6. The van der Waals surface area contributed by atoms with Crippen LogP contribution in [-0.4, -0.2) is 51.6 Å². The maximum absolute atomic E-state index is 9.59. The molecule has 3 N–H and O–H groups in total. The summed E-state index contributed by atoms with van der Waals surface area (Å²) >= 11 is 0. The van der Waals surface area contributed by atoms with Crippen molar-refractivity contribution >= 4 is 0 Å². The van der Waals surface area contributed by atoms with Crippen molar-refractivity contribution in [3.05, 3.63) is 0 Å². The van der Waals surface area contributed by atoms with Gasteiger partial charge in [-0.3, -0.25) is 0 Å². The first-order valence-corrected chi connectivity index (χ1v) is 4.27. The third-order valence-electron chi connectivity index (χ3n) is 2.89. The summed E-state index contributed by atoms with van der Waals surface area (Å²) in [5.41, 5.74) is -0.909. The van der Waals surface area contributed by atoms with E-state index in [-0.39, 0.29) is 6.61 Å². The van der Waals surface area contributed by atoms with E-state index in [0.29, 0.717) is 0 Å². The van der Waals surface area contributed by atoms with Crippen LogP contribution in [0.3, 0.4) is 0 Å². The quantitative estimate of drug-likeness (QED) is 0.438. The fourth-order valence-electron chi connectivity index (χ4n) is 1.94. The molecule has 0 aliphatic carbocycles. The zero-order chi connectivity index (χ0) is 9.85. The zero-order valence-electron chi connectivity index (χ0n) is 7.60. The van der Waals surface area contributed by atoms with Crippen LogP contribution in [0.2, 0.25) is 0 Å². The molecule has 13 heavy (non-hydrogen) atoms. The van der Waals surface area contributed by atoms with E-state index in [9.17, 15) is 15.3 Å². The third kappa shape index (κ3) is 1.05. The molecule has 2 heterocycles. The Labute approximate surface area is 75.9 Å². The van der Waals surface area contributed by atoms with Crippen LogP contribution in [0.4, 0.5) is 0 Å². The van der Waals surface area contributed by atoms with E-state index in [1.54, 1.807) is 13.8 Å². The minimum atomic E-state index is -1.22. The van der Waals surface area contributed by atoms with Crippen molar-refractivity contribution in [2.45, 2.75) is 43.5 Å². The van der Waals surface area contributed by atoms with Gasteiger partial charge in [0.15, 0.2) is 5.79 Å². The number of ether oxygens (including phenoxy) is 2. The molecular formula is C8H14O5. The van der Waals surface area contributed by atoms with Crippen molar-refractivity contribution in [2.24, 2.45) is 0 Å². The molecule has 5 unspecified atom stereocenters. The lowest BCUT2D eigenvalue weighted by molar-refractivity contribution is -0.306. The minimum Gasteiger partial charge on any atom is -0.387 e. The zero-order valence-corrected chi connectivity index (χ0v) is 7.60. The molecule has 2 saturated heterocycles. The van der Waals surface area contributed by atoms with Gasteiger partial charge >= 0.3 is 0 Å². The Morgan fingerprint density at radius 1 is 1.15 bits per heavy atom. The monoisotopic (exact) mass is 190 g/mol. The van der Waals surface area contributed by atoms with Gasteiger partial charge in [-0.25, -0.2) is 0 Å². The summed E-state index contributed by atoms with van der Waals surface area (Å²) in [4.78, 5) is 0. The summed E-state index contributed by atoms with van der Waals surface area (Å²) in [5, 5.41) is 28.6. The molecule has 2 bridgehead atoms. The Morgan fingerprint density at radius 2 is 1.77 bits per heavy atom. The second kappa shape index (κ2) is 2.43. The summed E-state index contributed by atoms with van der Waals surface area (Å²) in [6.45, 7) is 3.38. The minimum absolute atomic E-state index is 0.179. The van der Waals surface area contributed by atoms with E-state index in [2.05, 4.69) is 0 Å². The van der Waals surface area contributed by atoms with Crippen LogP contribution >= 0.6 is 0 Å². The Bertz CT molecular complexity index is 211. The fraction of sp³-hybridized carbons (Fsp3) is 1.00. The first kappa shape index (κ1) is 9.36. The van der Waals surface area contributed by atoms with Gasteiger partial charge in [0.05, 0.1) is 6.61 Å². The van der Waals surface area contributed by atoms with Gasteiger partial charge in [0, 0.05) is 0 Å². The van der Waals surface area contributed by atoms with Gasteiger partial charge < -0.3 is 24.8 Å². The largest absolute Gasteiger partial charge is 0.387 e. The Morgan fingerprint density at radius 3 is 2.38 bits per heavy atom. The standard InChI is InChI=1S/C8H14O5/c1-7-3-12-8(2,13-7)6(11)4(9)5(7)10/h4-6,9-11H,3H2,1-2H3. The molecule has 2 rings (SSSR count). The predicted molar refractivity (Wildman–Crippen MR) is 41.9 cm³/mol. The van der Waals surface area contributed by atoms with Crippen LogP contribution in [0.25, 0.3) is 0 Å². The lowest BCUT2D eigenvalue weighted by atomic mass is 9.88. The van der Waals surface area contributed by atoms with Crippen molar-refractivity contribution in [1.29, 1.82) is 0 Å². The fourth-order valence-corrected chi connectivity index (χ4v) is 1.94. The number of hydrogen-bond acceptors (Lipinski definition) is 5. The van der Waals surface area contributed by atoms with Gasteiger partial charge in [-0.1, -0.05) is 0 Å². The first-order chi connectivity index (χ1) is 5.89. The molecule has 2 aliphatic heterocycles. The maximum atomic E-state index is 9.59. The lowest BCUT2D eigenvalue weighted by Gasteiger charge is -2.43. The molecule has 5 nitrogen and oxygen atoms in total. The van der Waals surface area contributed by atoms with Crippen molar-refractivity contribution < 1.29 is 24.8 Å². The van der Waals surface area contributed by atoms with Crippen LogP contribution in [0.5, 0.6) is 0 Å². The Balaban J connectivity index is 2.34. The van der Waals surface area contributed by atoms with Crippen LogP contribution in [0.15, 0.2) is 0 Å². The molecular weight excluding hydrogens is 176 g/mol. The van der Waals surface area contributed by atoms with Gasteiger partial charge in [-0.05, 0) is 13.8 Å². The van der Waals surface area contributed by atoms with E-state index in [1.165, 1.54) is 0 Å². The highest BCUT2D eigenvalue weighted by molar-refractivity contribution is 5.05. The van der Waals surface area contributed by atoms with Crippen LogP contribution < -0.4 is 0 Å². The van der Waals surface area contributed by atoms with Crippen molar-refractivity contribution in [1.82, 2.24) is 0 Å². The second-order valence-corrected chi connectivity index (χ2v) is 4.10. The number of aliphatic hydroxyl groups is 3. The molecule has 0 amide bonds. The molecule has 5 atom stereocenters. The maximum Gasteiger partial charge on any atom is 0.195 e. The highest BCUT2D eigenvalue weighted by atomic mass is 16.8. The van der Waals surface area contributed by atoms with E-state index in [0.717, 1.165) is 0 Å². The molecule has 0 aromatic carbocycles. The molecule has 2 aliphatic rings. The molecule has 0 spiro atoms. The van der Waals surface area contributed by atoms with Gasteiger partial charge in [0.25, 0.3) is 0 Å². The Kier molecular flexibility index (Phi) is 1.75. The van der Waals surface area contributed by atoms with Crippen molar-refractivity contribution in [2.75, 3.05) is 6.61 Å². The van der Waals surface area contributed by atoms with E-state index in [1.807, 2.05) is 0 Å². The van der Waals surface area contributed by atoms with Gasteiger partial charge in [0.2, 0.25) is 0 Å². The number of aliphatic hydroxyl groups excluding tert-OH is 3. The van der Waals surface area contributed by atoms with Crippen molar-refractivity contribution in [3.8, 4) is 0 Å². The highest BCUT2D eigenvalue weighted by Crippen LogP contribution is 2.42. The average molecular weight is 190 g/mol. The summed E-state index contributed by atoms with van der Waals surface area (Å²) in [6.07, 6.45) is -3.54. The summed E-state index contributed by atoms with van der Waals surface area (Å²) in [5.74, 6) is -1.19. The summed E-state index contributed by atoms with van der Waals surface area (Å²) in [6, 6.07) is 0. The van der Waals surface area contributed by atoms with Gasteiger partial charge in [-0.15, -0.1) is 0 Å². The average Bonchev–Trinajstić information content (AvgIpc) is 2.38. The smallest absolute Gasteiger partial charge is 0.195 e. The molecule has 0 saturated carbocycles. The normalized spacial score (nSPS) is 61.2. The number of hydrogen-bond donors (Lipinski definition) is 3. The third-order valence-corrected chi connectivity index (χ3v) is 2.89. The van der Waals surface area contributed by atoms with Crippen molar-refractivity contribution in [3.63, 3.8) is 0 Å². The molecule has 76 valence electrons. The van der Waals surface area contributed by atoms with E-state index in [4.69, 9.17) is 9.47 Å². The second-order valence-electron chi connectivity index (χ2n) is 4.10. The van der Waals surface area contributed by atoms with Crippen LogP contribution in [0, 0.1) is 0 Å². The van der Waals surface area contributed by atoms with E-state index < -0.39 is 29.7 Å². The SMILES string of the molecule is CC12COC(C)(O1)C(O)C(O)C2O. The van der Waals surface area contributed by atoms with Crippen LogP contribution in [-0.2, 0) is 9.47 Å². The first-order valence-electron chi connectivity index (χ1n) is 4.27.